The van der Waals surface area contributed by atoms with Crippen molar-refractivity contribution in [2.24, 2.45) is 0 Å². The number of carboxylic acids is 1. The first kappa shape index (κ1) is 15.9. The van der Waals surface area contributed by atoms with Crippen LogP contribution in [0.2, 0.25) is 5.02 Å². The summed E-state index contributed by atoms with van der Waals surface area (Å²) < 4.78 is 28.8. The third-order valence-electron chi connectivity index (χ3n) is 2.54. The summed E-state index contributed by atoms with van der Waals surface area (Å²) in [4.78, 5) is 10.9. The first-order chi connectivity index (χ1) is 8.88. The van der Waals surface area contributed by atoms with Gasteiger partial charge in [-0.15, -0.1) is 0 Å². The van der Waals surface area contributed by atoms with E-state index in [1.54, 1.807) is 7.11 Å². The minimum absolute atomic E-state index is 0.0193. The Hall–Kier alpha value is -1.11. The Kier molecular flexibility index (Phi) is 5.78. The van der Waals surface area contributed by atoms with E-state index in [1.165, 1.54) is 12.1 Å². The molecule has 19 heavy (non-hydrogen) atoms. The van der Waals surface area contributed by atoms with E-state index in [4.69, 9.17) is 21.4 Å². The van der Waals surface area contributed by atoms with Crippen molar-refractivity contribution >= 4 is 27.4 Å². The second-order valence-corrected chi connectivity index (χ2v) is 6.48. The standard InChI is InChI=1S/C12H15ClO5S/c1-18-6-2-3-7-19(16,17)9-4-5-11(13)10(8-9)12(14)15/h4-5,8H,2-3,6-7H2,1H3,(H,14,15). The fourth-order valence-electron chi connectivity index (χ4n) is 1.52. The number of methoxy groups -OCH3 is 1. The van der Waals surface area contributed by atoms with E-state index in [1.807, 2.05) is 0 Å². The summed E-state index contributed by atoms with van der Waals surface area (Å²) in [6.45, 7) is 0.497. The lowest BCUT2D eigenvalue weighted by Crippen LogP contribution is -2.09. The Morgan fingerprint density at radius 1 is 1.37 bits per heavy atom. The van der Waals surface area contributed by atoms with Crippen molar-refractivity contribution in [3.63, 3.8) is 0 Å². The number of aromatic carboxylic acids is 1. The molecular weight excluding hydrogens is 292 g/mol. The van der Waals surface area contributed by atoms with Gasteiger partial charge in [-0.25, -0.2) is 13.2 Å². The number of sulfone groups is 1. The molecule has 0 aliphatic heterocycles. The normalized spacial score (nSPS) is 11.5. The number of ether oxygens (including phenoxy) is 1. The van der Waals surface area contributed by atoms with Gasteiger partial charge in [-0.2, -0.15) is 0 Å². The quantitative estimate of drug-likeness (QED) is 0.781. The van der Waals surface area contributed by atoms with Crippen molar-refractivity contribution < 1.29 is 23.1 Å². The molecule has 0 bridgehead atoms. The van der Waals surface area contributed by atoms with Crippen LogP contribution in [0.1, 0.15) is 23.2 Å². The van der Waals surface area contributed by atoms with E-state index >= 15 is 0 Å². The molecule has 1 rings (SSSR count). The van der Waals surface area contributed by atoms with Crippen molar-refractivity contribution in [1.82, 2.24) is 0 Å². The Morgan fingerprint density at radius 3 is 2.63 bits per heavy atom. The molecular formula is C12H15ClO5S. The van der Waals surface area contributed by atoms with Crippen LogP contribution in [-0.4, -0.2) is 39.0 Å². The average molecular weight is 307 g/mol. The molecule has 1 N–H and O–H groups in total. The number of unbranched alkanes of at least 4 members (excludes halogenated alkanes) is 1. The maximum atomic E-state index is 12.0. The SMILES string of the molecule is COCCCCS(=O)(=O)c1ccc(Cl)c(C(=O)O)c1. The molecule has 0 saturated carbocycles. The summed E-state index contributed by atoms with van der Waals surface area (Å²) in [5.74, 6) is -1.29. The lowest BCUT2D eigenvalue weighted by Gasteiger charge is -2.06. The number of rotatable bonds is 7. The zero-order valence-electron chi connectivity index (χ0n) is 10.4. The largest absolute Gasteiger partial charge is 0.478 e. The Balaban J connectivity index is 2.89. The summed E-state index contributed by atoms with van der Waals surface area (Å²) in [5.41, 5.74) is -0.209. The summed E-state index contributed by atoms with van der Waals surface area (Å²) in [6.07, 6.45) is 1.09. The van der Waals surface area contributed by atoms with E-state index in [2.05, 4.69) is 0 Å². The van der Waals surface area contributed by atoms with Gasteiger partial charge in [0.05, 0.1) is 21.2 Å². The molecule has 0 amide bonds. The second kappa shape index (κ2) is 6.88. The minimum atomic E-state index is -3.49. The minimum Gasteiger partial charge on any atom is -0.478 e. The van der Waals surface area contributed by atoms with Crippen LogP contribution in [0.3, 0.4) is 0 Å². The van der Waals surface area contributed by atoms with Gasteiger partial charge in [0.2, 0.25) is 0 Å². The zero-order chi connectivity index (χ0) is 14.5. The lowest BCUT2D eigenvalue weighted by molar-refractivity contribution is 0.0697. The van der Waals surface area contributed by atoms with Gasteiger partial charge in [0.25, 0.3) is 0 Å². The van der Waals surface area contributed by atoms with E-state index < -0.39 is 15.8 Å². The van der Waals surface area contributed by atoms with Gasteiger partial charge >= 0.3 is 5.97 Å². The molecule has 0 unspecified atom stereocenters. The summed E-state index contributed by atoms with van der Waals surface area (Å²) >= 11 is 5.69. The number of carboxylic acid groups (broad SMARTS) is 1. The van der Waals surface area contributed by atoms with Crippen molar-refractivity contribution in [2.45, 2.75) is 17.7 Å². The number of halogens is 1. The predicted octanol–water partition coefficient (Wildman–Crippen LogP) is 2.24. The molecule has 1 aromatic rings. The number of hydrogen-bond donors (Lipinski definition) is 1. The van der Waals surface area contributed by atoms with Crippen LogP contribution in [0.5, 0.6) is 0 Å². The van der Waals surface area contributed by atoms with E-state index in [0.717, 1.165) is 6.07 Å². The molecule has 7 heteroatoms. The van der Waals surface area contributed by atoms with Gasteiger partial charge in [0.15, 0.2) is 9.84 Å². The van der Waals surface area contributed by atoms with Crippen molar-refractivity contribution in [3.8, 4) is 0 Å². The van der Waals surface area contributed by atoms with E-state index in [0.29, 0.717) is 19.4 Å². The van der Waals surface area contributed by atoms with E-state index in [-0.39, 0.29) is 21.2 Å². The fourth-order valence-corrected chi connectivity index (χ4v) is 3.11. The van der Waals surface area contributed by atoms with E-state index in [9.17, 15) is 13.2 Å². The van der Waals surface area contributed by atoms with Gasteiger partial charge in [0, 0.05) is 13.7 Å². The number of hydrogen-bond acceptors (Lipinski definition) is 4. The molecule has 0 spiro atoms. The highest BCUT2D eigenvalue weighted by molar-refractivity contribution is 7.91. The third kappa shape index (κ3) is 4.49. The molecule has 0 aromatic heterocycles. The molecule has 0 radical (unpaired) electrons. The van der Waals surface area contributed by atoms with Crippen LogP contribution in [0, 0.1) is 0 Å². The van der Waals surface area contributed by atoms with Gasteiger partial charge in [0.1, 0.15) is 0 Å². The van der Waals surface area contributed by atoms with Crippen molar-refractivity contribution in [3.05, 3.63) is 28.8 Å². The van der Waals surface area contributed by atoms with Crippen LogP contribution in [0.25, 0.3) is 0 Å². The average Bonchev–Trinajstić information content (AvgIpc) is 2.34. The first-order valence-electron chi connectivity index (χ1n) is 5.63. The smallest absolute Gasteiger partial charge is 0.337 e. The highest BCUT2D eigenvalue weighted by Crippen LogP contribution is 2.21. The molecule has 0 fully saturated rings. The topological polar surface area (TPSA) is 80.7 Å². The van der Waals surface area contributed by atoms with Gasteiger partial charge in [-0.1, -0.05) is 11.6 Å². The number of carbonyl (C=O) groups is 1. The second-order valence-electron chi connectivity index (χ2n) is 3.97. The van der Waals surface area contributed by atoms with Crippen molar-refractivity contribution in [2.75, 3.05) is 19.5 Å². The predicted molar refractivity (Wildman–Crippen MR) is 71.6 cm³/mol. The molecule has 0 aliphatic carbocycles. The molecule has 106 valence electrons. The zero-order valence-corrected chi connectivity index (χ0v) is 12.0. The summed E-state index contributed by atoms with van der Waals surface area (Å²) in [7, 11) is -1.94. The van der Waals surface area contributed by atoms with Crippen LogP contribution in [-0.2, 0) is 14.6 Å². The molecule has 0 heterocycles. The Morgan fingerprint density at radius 2 is 2.05 bits per heavy atom. The Bertz CT molecular complexity index is 553. The monoisotopic (exact) mass is 306 g/mol. The lowest BCUT2D eigenvalue weighted by atomic mass is 10.2. The van der Waals surface area contributed by atoms with Crippen LogP contribution >= 0.6 is 11.6 Å². The highest BCUT2D eigenvalue weighted by Gasteiger charge is 2.18. The van der Waals surface area contributed by atoms with Gasteiger partial charge in [-0.3, -0.25) is 0 Å². The summed E-state index contributed by atoms with van der Waals surface area (Å²) in [6, 6.07) is 3.70. The molecule has 0 aliphatic rings. The Labute approximate surface area is 117 Å². The fraction of sp³-hybridized carbons (Fsp3) is 0.417. The highest BCUT2D eigenvalue weighted by atomic mass is 35.5. The molecule has 0 saturated heterocycles. The third-order valence-corrected chi connectivity index (χ3v) is 4.67. The molecule has 1 aromatic carbocycles. The maximum Gasteiger partial charge on any atom is 0.337 e. The summed E-state index contributed by atoms with van der Waals surface area (Å²) in [5, 5.41) is 8.93. The molecule has 5 nitrogen and oxygen atoms in total. The molecule has 0 atom stereocenters. The van der Waals surface area contributed by atoms with Crippen LogP contribution < -0.4 is 0 Å². The maximum absolute atomic E-state index is 12.0. The van der Waals surface area contributed by atoms with Gasteiger partial charge in [-0.05, 0) is 31.0 Å². The first-order valence-corrected chi connectivity index (χ1v) is 7.66. The van der Waals surface area contributed by atoms with Crippen LogP contribution in [0.15, 0.2) is 23.1 Å². The van der Waals surface area contributed by atoms with Gasteiger partial charge < -0.3 is 9.84 Å². The van der Waals surface area contributed by atoms with Crippen LogP contribution in [0.4, 0.5) is 0 Å². The number of benzene rings is 1. The van der Waals surface area contributed by atoms with Crippen molar-refractivity contribution in [1.29, 1.82) is 0 Å².